The van der Waals surface area contributed by atoms with E-state index in [1.54, 1.807) is 25.1 Å². The molecular formula is C20H16Cl3F2N3O3S. The maximum Gasteiger partial charge on any atom is 0.487 e. The van der Waals surface area contributed by atoms with Crippen LogP contribution in [0.15, 0.2) is 47.5 Å². The van der Waals surface area contributed by atoms with Gasteiger partial charge >= 0.3 is 5.57 Å². The lowest BCUT2D eigenvalue weighted by Crippen LogP contribution is -2.45. The molecule has 0 saturated carbocycles. The summed E-state index contributed by atoms with van der Waals surface area (Å²) in [6.45, 7) is 2.17. The van der Waals surface area contributed by atoms with Gasteiger partial charge in [0.1, 0.15) is 11.0 Å². The number of ether oxygens (including phenoxy) is 1. The average Bonchev–Trinajstić information content (AvgIpc) is 2.67. The zero-order chi connectivity index (χ0) is 23.5. The molecule has 3 rings (SSSR count). The monoisotopic (exact) mass is 521 g/mol. The Morgan fingerprint density at radius 2 is 1.88 bits per heavy atom. The lowest BCUT2D eigenvalue weighted by Gasteiger charge is -2.31. The second kappa shape index (κ2) is 10.2. The number of carbonyl (C=O) groups excluding carboxylic acids is 2. The standard InChI is InChI=1S/C20H16Cl3F2N3O3S/c1-2-28-17(29)10-16(32-19(28)27-14-8-11(21)7-12(22)9-14)18(30)26-13-3-5-15(6-4-13)31-20(23,24)25/h3-9,16H,2,10H2,1H3,(H,26,30)/t16-/m1/s1. The summed E-state index contributed by atoms with van der Waals surface area (Å²) in [6, 6.07) is 9.98. The summed E-state index contributed by atoms with van der Waals surface area (Å²) < 4.78 is 29.6. The molecule has 1 aliphatic rings. The van der Waals surface area contributed by atoms with Gasteiger partial charge in [-0.15, -0.1) is 8.78 Å². The fraction of sp³-hybridized carbons (Fsp3) is 0.250. The Morgan fingerprint density at radius 1 is 1.25 bits per heavy atom. The Kier molecular flexibility index (Phi) is 7.87. The van der Waals surface area contributed by atoms with Crippen molar-refractivity contribution in [2.45, 2.75) is 24.2 Å². The van der Waals surface area contributed by atoms with Gasteiger partial charge in [-0.2, -0.15) is 0 Å². The van der Waals surface area contributed by atoms with Crippen LogP contribution in [0.2, 0.25) is 10.0 Å². The smallest absolute Gasteiger partial charge is 0.420 e. The summed E-state index contributed by atoms with van der Waals surface area (Å²) in [5.74, 6) is -0.864. The maximum absolute atomic E-state index is 12.8. The van der Waals surface area contributed by atoms with Gasteiger partial charge in [0.25, 0.3) is 0 Å². The summed E-state index contributed by atoms with van der Waals surface area (Å²) in [5, 5.41) is 3.03. The minimum atomic E-state index is -3.84. The van der Waals surface area contributed by atoms with Gasteiger partial charge in [0.05, 0.1) is 5.69 Å². The first-order valence-electron chi connectivity index (χ1n) is 9.22. The molecule has 0 bridgehead atoms. The van der Waals surface area contributed by atoms with Gasteiger partial charge in [-0.05, 0) is 49.4 Å². The number of hydrogen-bond donors (Lipinski definition) is 1. The van der Waals surface area contributed by atoms with Crippen LogP contribution in [0.3, 0.4) is 0 Å². The largest absolute Gasteiger partial charge is 0.487 e. The summed E-state index contributed by atoms with van der Waals surface area (Å²) in [7, 11) is 0. The molecule has 32 heavy (non-hydrogen) atoms. The van der Waals surface area contributed by atoms with Gasteiger partial charge in [0, 0.05) is 40.3 Å². The molecule has 0 unspecified atom stereocenters. The van der Waals surface area contributed by atoms with Crippen molar-refractivity contribution in [3.05, 3.63) is 52.5 Å². The van der Waals surface area contributed by atoms with Crippen molar-refractivity contribution >= 4 is 74.9 Å². The van der Waals surface area contributed by atoms with E-state index in [0.717, 1.165) is 11.8 Å². The number of anilines is 1. The normalized spacial score (nSPS) is 18.1. The number of amides is 2. The van der Waals surface area contributed by atoms with Crippen molar-refractivity contribution in [3.63, 3.8) is 0 Å². The van der Waals surface area contributed by atoms with E-state index in [9.17, 15) is 18.4 Å². The Labute approximate surface area is 201 Å². The van der Waals surface area contributed by atoms with Crippen LogP contribution in [0.25, 0.3) is 0 Å². The van der Waals surface area contributed by atoms with E-state index < -0.39 is 16.7 Å². The van der Waals surface area contributed by atoms with E-state index in [2.05, 4.69) is 15.0 Å². The molecule has 0 radical (unpaired) electrons. The van der Waals surface area contributed by atoms with E-state index >= 15 is 0 Å². The Bertz CT molecular complexity index is 1030. The number of amidine groups is 1. The number of carbonyl (C=O) groups is 2. The van der Waals surface area contributed by atoms with Crippen molar-refractivity contribution in [2.24, 2.45) is 4.99 Å². The minimum Gasteiger partial charge on any atom is -0.420 e. The SMILES string of the molecule is CCN1C(=O)C[C@H](C(=O)Nc2ccc(OC(F)(F)Cl)cc2)SC1=Nc1cc(Cl)cc(Cl)c1. The van der Waals surface area contributed by atoms with Gasteiger partial charge in [-0.1, -0.05) is 35.0 Å². The molecule has 6 nitrogen and oxygen atoms in total. The molecule has 1 heterocycles. The van der Waals surface area contributed by atoms with Crippen molar-refractivity contribution in [1.29, 1.82) is 0 Å². The highest BCUT2D eigenvalue weighted by Gasteiger charge is 2.35. The molecule has 170 valence electrons. The molecule has 1 saturated heterocycles. The molecule has 0 aromatic heterocycles. The zero-order valence-corrected chi connectivity index (χ0v) is 19.5. The van der Waals surface area contributed by atoms with E-state index in [0.29, 0.717) is 33.1 Å². The lowest BCUT2D eigenvalue weighted by atomic mass is 10.2. The van der Waals surface area contributed by atoms with E-state index in [-0.39, 0.29) is 18.1 Å². The number of rotatable bonds is 6. The first kappa shape index (κ1) is 24.6. The number of aliphatic imine (C=N–C) groups is 1. The van der Waals surface area contributed by atoms with Gasteiger partial charge in [-0.25, -0.2) is 4.99 Å². The second-order valence-corrected chi connectivity index (χ2v) is 9.01. The molecule has 1 fully saturated rings. The number of nitrogens with one attached hydrogen (secondary N) is 1. The fourth-order valence-electron chi connectivity index (χ4n) is 2.83. The Morgan fingerprint density at radius 3 is 2.44 bits per heavy atom. The lowest BCUT2D eigenvalue weighted by molar-refractivity contribution is -0.129. The average molecular weight is 523 g/mol. The number of halogens is 5. The van der Waals surface area contributed by atoms with Gasteiger partial charge in [-0.3, -0.25) is 14.5 Å². The third-order valence-corrected chi connectivity index (χ3v) is 5.88. The van der Waals surface area contributed by atoms with Crippen molar-refractivity contribution in [3.8, 4) is 5.75 Å². The van der Waals surface area contributed by atoms with Crippen LogP contribution in [0.4, 0.5) is 20.2 Å². The molecular weight excluding hydrogens is 507 g/mol. The van der Waals surface area contributed by atoms with Crippen LogP contribution in [0, 0.1) is 0 Å². The minimum absolute atomic E-state index is 0.0284. The van der Waals surface area contributed by atoms with E-state index in [1.807, 2.05) is 0 Å². The van der Waals surface area contributed by atoms with E-state index in [1.165, 1.54) is 29.2 Å². The number of hydrogen-bond acceptors (Lipinski definition) is 5. The molecule has 1 aliphatic heterocycles. The van der Waals surface area contributed by atoms with Crippen LogP contribution in [0.5, 0.6) is 5.75 Å². The van der Waals surface area contributed by atoms with Crippen LogP contribution in [-0.2, 0) is 9.59 Å². The molecule has 2 aromatic rings. The van der Waals surface area contributed by atoms with Crippen LogP contribution >= 0.6 is 46.6 Å². The van der Waals surface area contributed by atoms with E-state index in [4.69, 9.17) is 34.8 Å². The first-order chi connectivity index (χ1) is 15.0. The van der Waals surface area contributed by atoms with Gasteiger partial charge in [0.15, 0.2) is 5.17 Å². The fourth-order valence-corrected chi connectivity index (χ4v) is 4.60. The van der Waals surface area contributed by atoms with Crippen LogP contribution in [-0.4, -0.2) is 39.2 Å². The van der Waals surface area contributed by atoms with Crippen LogP contribution < -0.4 is 10.1 Å². The summed E-state index contributed by atoms with van der Waals surface area (Å²) in [4.78, 5) is 31.3. The molecule has 1 N–H and O–H groups in total. The second-order valence-electron chi connectivity index (χ2n) is 6.53. The maximum atomic E-state index is 12.8. The third kappa shape index (κ3) is 6.71. The number of thioether (sulfide) groups is 1. The van der Waals surface area contributed by atoms with Crippen LogP contribution in [0.1, 0.15) is 13.3 Å². The summed E-state index contributed by atoms with van der Waals surface area (Å²) in [6.07, 6.45) is -0.0284. The van der Waals surface area contributed by atoms with Crippen molar-refractivity contribution in [1.82, 2.24) is 4.90 Å². The van der Waals surface area contributed by atoms with Crippen molar-refractivity contribution in [2.75, 3.05) is 11.9 Å². The quantitative estimate of drug-likeness (QED) is 0.463. The molecule has 0 spiro atoms. The molecule has 0 aliphatic carbocycles. The Balaban J connectivity index is 1.75. The highest BCUT2D eigenvalue weighted by molar-refractivity contribution is 8.15. The summed E-state index contributed by atoms with van der Waals surface area (Å²) in [5.41, 5.74) is -3.05. The predicted octanol–water partition coefficient (Wildman–Crippen LogP) is 6.14. The van der Waals surface area contributed by atoms with Crippen molar-refractivity contribution < 1.29 is 23.1 Å². The Hall–Kier alpha value is -2.07. The molecule has 12 heteroatoms. The molecule has 2 aromatic carbocycles. The number of benzene rings is 2. The first-order valence-corrected chi connectivity index (χ1v) is 11.2. The topological polar surface area (TPSA) is 71.0 Å². The number of nitrogens with zero attached hydrogens (tertiary/aromatic N) is 2. The summed E-state index contributed by atoms with van der Waals surface area (Å²) >= 11 is 17.9. The highest BCUT2D eigenvalue weighted by Crippen LogP contribution is 2.32. The number of alkyl halides is 3. The third-order valence-electron chi connectivity index (χ3n) is 4.18. The highest BCUT2D eigenvalue weighted by atomic mass is 35.5. The van der Waals surface area contributed by atoms with Gasteiger partial charge in [0.2, 0.25) is 11.8 Å². The van der Waals surface area contributed by atoms with Gasteiger partial charge < -0.3 is 10.1 Å². The predicted molar refractivity (Wildman–Crippen MR) is 123 cm³/mol. The molecule has 2 amide bonds. The molecule has 1 atom stereocenters. The zero-order valence-electron chi connectivity index (χ0n) is 16.5.